The third-order valence-electron chi connectivity index (χ3n) is 1.63. The van der Waals surface area contributed by atoms with Crippen LogP contribution in [0.1, 0.15) is 5.56 Å². The second kappa shape index (κ2) is 4.46. The lowest BCUT2D eigenvalue weighted by Gasteiger charge is -2.02. The Morgan fingerprint density at radius 3 is 2.53 bits per heavy atom. The van der Waals surface area contributed by atoms with Gasteiger partial charge in [0, 0.05) is 11.1 Å². The molecule has 1 aromatic carbocycles. The molecule has 0 saturated carbocycles. The number of hydrogen-bond donors (Lipinski definition) is 1. The van der Waals surface area contributed by atoms with Gasteiger partial charge in [0.15, 0.2) is 0 Å². The Morgan fingerprint density at radius 2 is 2.07 bits per heavy atom. The number of nitro benzene ring substituents is 1. The van der Waals surface area contributed by atoms with Crippen molar-refractivity contribution in [3.63, 3.8) is 0 Å². The highest BCUT2D eigenvalue weighted by Gasteiger charge is 2.18. The van der Waals surface area contributed by atoms with Crippen LogP contribution in [0.2, 0.25) is 10.0 Å². The Labute approximate surface area is 94.4 Å². The van der Waals surface area contributed by atoms with Gasteiger partial charge in [-0.2, -0.15) is 0 Å². The number of nitro groups is 1. The number of aliphatic carboxylic acids is 1. The molecule has 0 unspecified atom stereocenters. The molecule has 0 radical (unpaired) electrons. The molecule has 0 fully saturated rings. The first-order valence-corrected chi connectivity index (χ1v) is 4.51. The smallest absolute Gasteiger partial charge is 0.307 e. The van der Waals surface area contributed by atoms with E-state index in [4.69, 9.17) is 28.3 Å². The quantitative estimate of drug-likeness (QED) is 0.660. The van der Waals surface area contributed by atoms with E-state index in [2.05, 4.69) is 0 Å². The topological polar surface area (TPSA) is 80.4 Å². The molecule has 7 heteroatoms. The molecule has 0 aromatic heterocycles. The third kappa shape index (κ3) is 2.81. The average molecular weight is 250 g/mol. The van der Waals surface area contributed by atoms with Gasteiger partial charge in [0.05, 0.1) is 11.3 Å². The molecular weight excluding hydrogens is 245 g/mol. The van der Waals surface area contributed by atoms with Crippen LogP contribution in [0, 0.1) is 10.1 Å². The lowest BCUT2D eigenvalue weighted by Crippen LogP contribution is -2.02. The lowest BCUT2D eigenvalue weighted by molar-refractivity contribution is -0.384. The highest BCUT2D eigenvalue weighted by molar-refractivity contribution is 6.35. The largest absolute Gasteiger partial charge is 0.481 e. The van der Waals surface area contributed by atoms with Crippen LogP contribution in [0.25, 0.3) is 0 Å². The van der Waals surface area contributed by atoms with Crippen LogP contribution in [-0.4, -0.2) is 16.0 Å². The van der Waals surface area contributed by atoms with Gasteiger partial charge in [0.2, 0.25) is 0 Å². The van der Waals surface area contributed by atoms with Gasteiger partial charge in [0.25, 0.3) is 5.69 Å². The molecule has 0 aliphatic carbocycles. The SMILES string of the molecule is O=C(O)Cc1cc(Cl)cc([N+](=O)[O-])c1Cl. The predicted molar refractivity (Wildman–Crippen MR) is 54.5 cm³/mol. The molecule has 0 aliphatic rings. The number of carbonyl (C=O) groups is 1. The Kier molecular flexibility index (Phi) is 3.49. The van der Waals surface area contributed by atoms with Crippen LogP contribution < -0.4 is 0 Å². The van der Waals surface area contributed by atoms with Crippen molar-refractivity contribution >= 4 is 34.9 Å². The number of halogens is 2. The number of carboxylic acid groups (broad SMARTS) is 1. The first-order valence-electron chi connectivity index (χ1n) is 3.76. The van der Waals surface area contributed by atoms with Gasteiger partial charge in [-0.1, -0.05) is 23.2 Å². The molecule has 0 saturated heterocycles. The van der Waals surface area contributed by atoms with Crippen LogP contribution in [-0.2, 0) is 11.2 Å². The van der Waals surface area contributed by atoms with E-state index in [9.17, 15) is 14.9 Å². The van der Waals surface area contributed by atoms with E-state index in [-0.39, 0.29) is 21.3 Å². The summed E-state index contributed by atoms with van der Waals surface area (Å²) in [6.07, 6.45) is -0.403. The predicted octanol–water partition coefficient (Wildman–Crippen LogP) is 2.53. The van der Waals surface area contributed by atoms with Crippen LogP contribution in [0.15, 0.2) is 12.1 Å². The Morgan fingerprint density at radius 1 is 1.47 bits per heavy atom. The monoisotopic (exact) mass is 249 g/mol. The van der Waals surface area contributed by atoms with Crippen molar-refractivity contribution in [3.8, 4) is 0 Å². The summed E-state index contributed by atoms with van der Waals surface area (Å²) in [5.74, 6) is -1.13. The Hall–Kier alpha value is -1.33. The fourth-order valence-electron chi connectivity index (χ4n) is 1.05. The molecule has 1 aromatic rings. The number of carboxylic acids is 1. The molecule has 0 spiro atoms. The van der Waals surface area contributed by atoms with Gasteiger partial charge in [-0.3, -0.25) is 14.9 Å². The summed E-state index contributed by atoms with van der Waals surface area (Å²) >= 11 is 11.2. The molecule has 1 N–H and O–H groups in total. The maximum Gasteiger partial charge on any atom is 0.307 e. The van der Waals surface area contributed by atoms with E-state index in [1.807, 2.05) is 0 Å². The highest BCUT2D eigenvalue weighted by Crippen LogP contribution is 2.31. The second-order valence-corrected chi connectivity index (χ2v) is 3.54. The fourth-order valence-corrected chi connectivity index (χ4v) is 1.53. The number of benzene rings is 1. The minimum Gasteiger partial charge on any atom is -0.481 e. The van der Waals surface area contributed by atoms with Crippen LogP contribution in [0.3, 0.4) is 0 Å². The third-order valence-corrected chi connectivity index (χ3v) is 2.29. The lowest BCUT2D eigenvalue weighted by atomic mass is 10.1. The van der Waals surface area contributed by atoms with Crippen molar-refractivity contribution in [2.75, 3.05) is 0 Å². The number of rotatable bonds is 3. The molecule has 0 aliphatic heterocycles. The second-order valence-electron chi connectivity index (χ2n) is 2.73. The maximum absolute atomic E-state index is 10.5. The highest BCUT2D eigenvalue weighted by atomic mass is 35.5. The fraction of sp³-hybridized carbons (Fsp3) is 0.125. The van der Waals surface area contributed by atoms with E-state index >= 15 is 0 Å². The summed E-state index contributed by atoms with van der Waals surface area (Å²) in [5, 5.41) is 19.0. The molecular formula is C8H5Cl2NO4. The molecule has 0 bridgehead atoms. The molecule has 1 rings (SSSR count). The summed E-state index contributed by atoms with van der Waals surface area (Å²) in [4.78, 5) is 20.3. The molecule has 15 heavy (non-hydrogen) atoms. The maximum atomic E-state index is 10.5. The summed E-state index contributed by atoms with van der Waals surface area (Å²) in [6.45, 7) is 0. The Bertz CT molecular complexity index is 433. The van der Waals surface area contributed by atoms with Gasteiger partial charge in [-0.15, -0.1) is 0 Å². The molecule has 0 amide bonds. The average Bonchev–Trinajstić information content (AvgIpc) is 2.09. The standard InChI is InChI=1S/C8H5Cl2NO4/c9-5-1-4(2-7(12)13)8(10)6(3-5)11(14)15/h1,3H,2H2,(H,12,13). The van der Waals surface area contributed by atoms with Crippen LogP contribution in [0.5, 0.6) is 0 Å². The van der Waals surface area contributed by atoms with Crippen molar-refractivity contribution < 1.29 is 14.8 Å². The minimum absolute atomic E-state index is 0.0855. The van der Waals surface area contributed by atoms with E-state index < -0.39 is 17.3 Å². The number of nitrogens with zero attached hydrogens (tertiary/aromatic N) is 1. The van der Waals surface area contributed by atoms with Crippen molar-refractivity contribution in [3.05, 3.63) is 37.9 Å². The number of hydrogen-bond acceptors (Lipinski definition) is 3. The van der Waals surface area contributed by atoms with Crippen molar-refractivity contribution in [2.24, 2.45) is 0 Å². The van der Waals surface area contributed by atoms with Crippen molar-refractivity contribution in [2.45, 2.75) is 6.42 Å². The summed E-state index contributed by atoms with van der Waals surface area (Å²) < 4.78 is 0. The zero-order valence-electron chi connectivity index (χ0n) is 7.24. The van der Waals surface area contributed by atoms with Crippen LogP contribution >= 0.6 is 23.2 Å². The zero-order valence-corrected chi connectivity index (χ0v) is 8.75. The first-order chi connectivity index (χ1) is 6.91. The zero-order chi connectivity index (χ0) is 11.6. The van der Waals surface area contributed by atoms with Crippen LogP contribution in [0.4, 0.5) is 5.69 Å². The van der Waals surface area contributed by atoms with E-state index in [0.717, 1.165) is 6.07 Å². The van der Waals surface area contributed by atoms with Crippen molar-refractivity contribution in [1.82, 2.24) is 0 Å². The Balaban J connectivity index is 3.28. The molecule has 0 heterocycles. The van der Waals surface area contributed by atoms with Gasteiger partial charge < -0.3 is 5.11 Å². The first kappa shape index (κ1) is 11.7. The summed E-state index contributed by atoms with van der Waals surface area (Å²) in [6, 6.07) is 2.38. The van der Waals surface area contributed by atoms with Crippen molar-refractivity contribution in [1.29, 1.82) is 0 Å². The summed E-state index contributed by atoms with van der Waals surface area (Å²) in [7, 11) is 0. The molecule has 0 atom stereocenters. The van der Waals surface area contributed by atoms with Gasteiger partial charge in [-0.05, 0) is 11.6 Å². The summed E-state index contributed by atoms with van der Waals surface area (Å²) in [5.41, 5.74) is -0.260. The van der Waals surface area contributed by atoms with E-state index in [0.29, 0.717) is 0 Å². The normalized spacial score (nSPS) is 10.0. The van der Waals surface area contributed by atoms with E-state index in [1.54, 1.807) is 0 Å². The molecule has 80 valence electrons. The van der Waals surface area contributed by atoms with Gasteiger partial charge in [0.1, 0.15) is 5.02 Å². The minimum atomic E-state index is -1.13. The van der Waals surface area contributed by atoms with Gasteiger partial charge in [-0.25, -0.2) is 0 Å². The molecule has 5 nitrogen and oxygen atoms in total. The van der Waals surface area contributed by atoms with E-state index in [1.165, 1.54) is 6.07 Å². The van der Waals surface area contributed by atoms with Gasteiger partial charge >= 0.3 is 5.97 Å².